The van der Waals surface area contributed by atoms with Crippen molar-refractivity contribution in [3.05, 3.63) is 29.8 Å². The van der Waals surface area contributed by atoms with Gasteiger partial charge in [-0.15, -0.1) is 12.3 Å². The summed E-state index contributed by atoms with van der Waals surface area (Å²) in [6.07, 6.45) is 6.47. The Morgan fingerprint density at radius 1 is 1.38 bits per heavy atom. The summed E-state index contributed by atoms with van der Waals surface area (Å²) in [4.78, 5) is 0.229. The van der Waals surface area contributed by atoms with Crippen LogP contribution in [0.1, 0.15) is 18.9 Å². The summed E-state index contributed by atoms with van der Waals surface area (Å²) in [6.45, 7) is 1.60. The molecule has 0 unspecified atom stereocenters. The van der Waals surface area contributed by atoms with Crippen molar-refractivity contribution in [2.45, 2.75) is 23.8 Å². The van der Waals surface area contributed by atoms with Gasteiger partial charge in [-0.3, -0.25) is 0 Å². The molecule has 0 bridgehead atoms. The van der Waals surface area contributed by atoms with E-state index in [0.29, 0.717) is 5.56 Å². The minimum absolute atomic E-state index is 0.186. The second kappa shape index (κ2) is 4.28. The van der Waals surface area contributed by atoms with Crippen molar-refractivity contribution < 1.29 is 13.5 Å². The Morgan fingerprint density at radius 3 is 2.25 bits per heavy atom. The van der Waals surface area contributed by atoms with E-state index >= 15 is 0 Å². The van der Waals surface area contributed by atoms with Crippen LogP contribution in [0.3, 0.4) is 0 Å². The van der Waals surface area contributed by atoms with Crippen molar-refractivity contribution >= 4 is 9.84 Å². The molecule has 0 amide bonds. The lowest BCUT2D eigenvalue weighted by atomic mass is 9.93. The van der Waals surface area contributed by atoms with Gasteiger partial charge >= 0.3 is 0 Å². The maximum Gasteiger partial charge on any atom is 0.175 e. The summed E-state index contributed by atoms with van der Waals surface area (Å²) >= 11 is 0. The van der Waals surface area contributed by atoms with Crippen LogP contribution in [-0.4, -0.2) is 19.8 Å². The molecule has 1 aromatic carbocycles. The summed E-state index contributed by atoms with van der Waals surface area (Å²) in [5, 5.41) is 9.99. The Morgan fingerprint density at radius 2 is 1.88 bits per heavy atom. The van der Waals surface area contributed by atoms with Crippen molar-refractivity contribution in [2.24, 2.45) is 0 Å². The van der Waals surface area contributed by atoms with Gasteiger partial charge in [-0.1, -0.05) is 12.1 Å². The van der Waals surface area contributed by atoms with E-state index in [2.05, 4.69) is 5.92 Å². The molecule has 1 atom stereocenters. The monoisotopic (exact) mass is 238 g/mol. The van der Waals surface area contributed by atoms with E-state index in [1.807, 2.05) is 0 Å². The minimum atomic E-state index is -3.20. The zero-order chi connectivity index (χ0) is 12.4. The predicted molar refractivity (Wildman–Crippen MR) is 62.6 cm³/mol. The van der Waals surface area contributed by atoms with Gasteiger partial charge < -0.3 is 5.11 Å². The highest BCUT2D eigenvalue weighted by Crippen LogP contribution is 2.24. The van der Waals surface area contributed by atoms with E-state index < -0.39 is 15.4 Å². The summed E-state index contributed by atoms with van der Waals surface area (Å²) in [7, 11) is -3.20. The SMILES string of the molecule is C#CC[C@](C)(O)c1ccc(S(C)(=O)=O)cc1. The Labute approximate surface area is 96.0 Å². The number of hydrogen-bond donors (Lipinski definition) is 1. The number of aliphatic hydroxyl groups is 1. The molecule has 0 heterocycles. The van der Waals surface area contributed by atoms with E-state index in [0.717, 1.165) is 6.26 Å². The maximum absolute atomic E-state index is 11.2. The van der Waals surface area contributed by atoms with Gasteiger partial charge in [0.25, 0.3) is 0 Å². The summed E-state index contributed by atoms with van der Waals surface area (Å²) in [5.41, 5.74) is -0.511. The first kappa shape index (κ1) is 12.8. The minimum Gasteiger partial charge on any atom is -0.384 e. The second-order valence-electron chi connectivity index (χ2n) is 3.95. The highest BCUT2D eigenvalue weighted by atomic mass is 32.2. The van der Waals surface area contributed by atoms with Crippen LogP contribution in [0.5, 0.6) is 0 Å². The van der Waals surface area contributed by atoms with Crippen molar-refractivity contribution in [1.82, 2.24) is 0 Å². The molecule has 0 saturated carbocycles. The van der Waals surface area contributed by atoms with Gasteiger partial charge in [0.1, 0.15) is 0 Å². The van der Waals surface area contributed by atoms with E-state index in [1.165, 1.54) is 12.1 Å². The largest absolute Gasteiger partial charge is 0.384 e. The molecule has 0 saturated heterocycles. The average Bonchev–Trinajstić information content (AvgIpc) is 2.16. The number of benzene rings is 1. The highest BCUT2D eigenvalue weighted by molar-refractivity contribution is 7.90. The first-order chi connectivity index (χ1) is 7.27. The van der Waals surface area contributed by atoms with Crippen molar-refractivity contribution in [1.29, 1.82) is 0 Å². The molecule has 0 aliphatic rings. The van der Waals surface area contributed by atoms with Gasteiger partial charge in [-0.05, 0) is 24.6 Å². The Bertz CT molecular complexity index is 504. The maximum atomic E-state index is 11.2. The van der Waals surface area contributed by atoms with Crippen molar-refractivity contribution in [3.8, 4) is 12.3 Å². The average molecular weight is 238 g/mol. The second-order valence-corrected chi connectivity index (χ2v) is 5.97. The lowest BCUT2D eigenvalue weighted by Gasteiger charge is -2.21. The van der Waals surface area contributed by atoms with Crippen LogP contribution in [0.4, 0.5) is 0 Å². The molecular formula is C12H14O3S. The molecule has 0 fully saturated rings. The van der Waals surface area contributed by atoms with E-state index in [4.69, 9.17) is 6.42 Å². The predicted octanol–water partition coefficient (Wildman–Crippen LogP) is 1.32. The zero-order valence-electron chi connectivity index (χ0n) is 9.27. The van der Waals surface area contributed by atoms with Crippen molar-refractivity contribution in [3.63, 3.8) is 0 Å². The number of terminal acetylenes is 1. The van der Waals surface area contributed by atoms with Crippen LogP contribution in [0.25, 0.3) is 0 Å². The summed E-state index contributed by atoms with van der Waals surface area (Å²) in [6, 6.07) is 6.09. The Kier molecular flexibility index (Phi) is 3.41. The fourth-order valence-electron chi connectivity index (χ4n) is 1.36. The molecule has 3 nitrogen and oxygen atoms in total. The molecule has 86 valence electrons. The van der Waals surface area contributed by atoms with E-state index in [-0.39, 0.29) is 11.3 Å². The normalized spacial score (nSPS) is 15.1. The number of sulfone groups is 1. The van der Waals surface area contributed by atoms with Gasteiger partial charge in [0.2, 0.25) is 0 Å². The van der Waals surface area contributed by atoms with Crippen LogP contribution in [0, 0.1) is 12.3 Å². The molecule has 0 aliphatic heterocycles. The molecule has 0 aromatic heterocycles. The zero-order valence-corrected chi connectivity index (χ0v) is 10.1. The third kappa shape index (κ3) is 2.84. The molecule has 16 heavy (non-hydrogen) atoms. The van der Waals surface area contributed by atoms with E-state index in [9.17, 15) is 13.5 Å². The first-order valence-electron chi connectivity index (χ1n) is 4.74. The molecule has 0 spiro atoms. The van der Waals surface area contributed by atoms with Crippen LogP contribution in [0.15, 0.2) is 29.2 Å². The number of rotatable bonds is 3. The van der Waals surface area contributed by atoms with Gasteiger partial charge in [-0.25, -0.2) is 8.42 Å². The van der Waals surface area contributed by atoms with Gasteiger partial charge in [-0.2, -0.15) is 0 Å². The molecule has 1 rings (SSSR count). The smallest absolute Gasteiger partial charge is 0.175 e. The molecule has 0 aliphatic carbocycles. The van der Waals surface area contributed by atoms with Crippen molar-refractivity contribution in [2.75, 3.05) is 6.26 Å². The quantitative estimate of drug-likeness (QED) is 0.808. The third-order valence-corrected chi connectivity index (χ3v) is 3.48. The van der Waals surface area contributed by atoms with Crippen LogP contribution >= 0.6 is 0 Å². The number of hydrogen-bond acceptors (Lipinski definition) is 3. The standard InChI is InChI=1S/C12H14O3S/c1-4-9-12(2,13)10-5-7-11(8-6-10)16(3,14)15/h1,5-8,13H,9H2,2-3H3/t12-/m0/s1. The molecular weight excluding hydrogens is 224 g/mol. The van der Waals surface area contributed by atoms with Gasteiger partial charge in [0, 0.05) is 12.7 Å². The fourth-order valence-corrected chi connectivity index (χ4v) is 1.99. The Hall–Kier alpha value is -1.31. The third-order valence-electron chi connectivity index (χ3n) is 2.35. The highest BCUT2D eigenvalue weighted by Gasteiger charge is 2.22. The summed E-state index contributed by atoms with van der Waals surface area (Å²) in [5.74, 6) is 2.38. The van der Waals surface area contributed by atoms with Crippen LogP contribution in [0.2, 0.25) is 0 Å². The fraction of sp³-hybridized carbons (Fsp3) is 0.333. The lowest BCUT2D eigenvalue weighted by molar-refractivity contribution is 0.0629. The molecule has 1 aromatic rings. The van der Waals surface area contributed by atoms with E-state index in [1.54, 1.807) is 19.1 Å². The molecule has 0 radical (unpaired) electrons. The van der Waals surface area contributed by atoms with Crippen LogP contribution < -0.4 is 0 Å². The molecule has 4 heteroatoms. The van der Waals surface area contributed by atoms with Gasteiger partial charge in [0.05, 0.1) is 10.5 Å². The van der Waals surface area contributed by atoms with Gasteiger partial charge in [0.15, 0.2) is 9.84 Å². The lowest BCUT2D eigenvalue weighted by Crippen LogP contribution is -2.20. The Balaban J connectivity index is 3.10. The topological polar surface area (TPSA) is 54.4 Å². The summed E-state index contributed by atoms with van der Waals surface area (Å²) < 4.78 is 22.4. The first-order valence-corrected chi connectivity index (χ1v) is 6.63. The molecule has 1 N–H and O–H groups in total. The van der Waals surface area contributed by atoms with Crippen LogP contribution in [-0.2, 0) is 15.4 Å².